The fourth-order valence-electron chi connectivity index (χ4n) is 11.7. The van der Waals surface area contributed by atoms with Gasteiger partial charge in [-0.15, -0.1) is 0 Å². The predicted molar refractivity (Wildman–Crippen MR) is 416 cm³/mol. The molecular weight excluding hydrogens is 1560 g/mol. The first kappa shape index (κ1) is 86.9. The molecule has 5 aromatic carbocycles. The molecule has 0 amide bonds. The van der Waals surface area contributed by atoms with E-state index in [4.69, 9.17) is 20.3 Å². The van der Waals surface area contributed by atoms with E-state index in [1.165, 1.54) is 12.1 Å². The molecule has 2 aliphatic rings. The zero-order valence-electron chi connectivity index (χ0n) is 60.4. The molecule has 0 saturated heterocycles. The number of aliphatic carboxylic acids is 2. The molecule has 1 aromatic heterocycles. The number of nitrogens with one attached hydrogen (secondary N) is 2. The molecule has 0 unspecified atom stereocenters. The monoisotopic (exact) mass is 1640 g/mol. The minimum Gasteiger partial charge on any atom is -0.495 e. The summed E-state index contributed by atoms with van der Waals surface area (Å²) < 4.78 is 119. The molecule has 6 aromatic rings. The Morgan fingerprint density at radius 3 is 1.70 bits per heavy atom. The Morgan fingerprint density at radius 2 is 1.10 bits per heavy atom. The Balaban J connectivity index is 1.12. The van der Waals surface area contributed by atoms with Gasteiger partial charge in [-0.25, -0.2) is 49.5 Å². The number of aromatic nitrogens is 1. The van der Waals surface area contributed by atoms with Crippen molar-refractivity contribution >= 4 is 129 Å². The number of carboxylic acid groups (broad SMARTS) is 3. The van der Waals surface area contributed by atoms with Crippen LogP contribution in [-0.4, -0.2) is 227 Å². The van der Waals surface area contributed by atoms with E-state index in [0.717, 1.165) is 60.2 Å². The van der Waals surface area contributed by atoms with Crippen molar-refractivity contribution in [1.29, 1.82) is 5.41 Å². The highest BCUT2D eigenvalue weighted by atomic mass is 32.3. The molecule has 0 bridgehead atoms. The van der Waals surface area contributed by atoms with Crippen LogP contribution in [0.3, 0.4) is 0 Å². The van der Waals surface area contributed by atoms with Gasteiger partial charge in [-0.1, -0.05) is 106 Å². The largest absolute Gasteiger partial charge is 0.495 e. The van der Waals surface area contributed by atoms with Crippen molar-refractivity contribution in [3.05, 3.63) is 161 Å². The van der Waals surface area contributed by atoms with Crippen LogP contribution in [0, 0.1) is 5.41 Å². The third-order valence-corrected chi connectivity index (χ3v) is 19.3. The lowest BCUT2D eigenvalue weighted by Crippen LogP contribution is -2.31. The average Bonchev–Trinajstić information content (AvgIpc) is 0.897. The maximum atomic E-state index is 13.3. The topological polar surface area (TPSA) is 650 Å². The number of hydrogen-bond donors (Lipinski definition) is 17. The van der Waals surface area contributed by atoms with Crippen molar-refractivity contribution < 1.29 is 128 Å². The number of H-pyrrole nitrogens is 1. The van der Waals surface area contributed by atoms with Crippen LogP contribution in [0.15, 0.2) is 182 Å². The van der Waals surface area contributed by atoms with Gasteiger partial charge in [0.2, 0.25) is 47.2 Å². The number of fused-ring (bicyclic) bond motifs is 3. The van der Waals surface area contributed by atoms with E-state index in [1.54, 1.807) is 67.7 Å². The summed E-state index contributed by atoms with van der Waals surface area (Å²) in [6, 6.07) is 17.5. The number of aliphatic hydroxyl groups is 8. The number of aliphatic hydroxyl groups excluding tert-OH is 8. The second-order valence-corrected chi connectivity index (χ2v) is 29.2. The fraction of sp³-hybridized carbons (Fsp3) is 0.301. The lowest BCUT2D eigenvalue weighted by molar-refractivity contribution is -0.149. The number of unbranched alkanes of at least 4 members (excludes halogenated alkanes) is 2. The van der Waals surface area contributed by atoms with E-state index in [9.17, 15) is 114 Å². The molecule has 18 N–H and O–H groups in total. The van der Waals surface area contributed by atoms with Crippen molar-refractivity contribution in [2.75, 3.05) is 25.4 Å². The smallest absolute Gasteiger partial charge is 0.446 e. The molecule has 0 saturated carbocycles. The maximum absolute atomic E-state index is 13.3. The molecule has 8 rings (SSSR count). The number of nitrogens with two attached hydrogens (primary N) is 1. The highest BCUT2D eigenvalue weighted by molar-refractivity contribution is 7.86. The summed E-state index contributed by atoms with van der Waals surface area (Å²) in [5, 5.41) is 131. The van der Waals surface area contributed by atoms with E-state index in [2.05, 4.69) is 49.1 Å². The van der Waals surface area contributed by atoms with Crippen LogP contribution in [0.5, 0.6) is 5.75 Å². The van der Waals surface area contributed by atoms with Crippen LogP contribution in [0.25, 0.3) is 44.3 Å². The number of esters is 1. The number of rotatable bonds is 40. The van der Waals surface area contributed by atoms with Crippen molar-refractivity contribution in [2.45, 2.75) is 131 Å². The van der Waals surface area contributed by atoms with Gasteiger partial charge in [0.25, 0.3) is 20.2 Å². The molecule has 6 atom stereocenters. The number of benzene rings is 6. The number of aromatic amines is 1. The Bertz CT molecular complexity index is 5550. The molecule has 1 aliphatic heterocycles. The Morgan fingerprint density at radius 1 is 0.553 bits per heavy atom. The Labute approximate surface area is 648 Å². The van der Waals surface area contributed by atoms with Gasteiger partial charge in [0.05, 0.1) is 36.1 Å². The van der Waals surface area contributed by atoms with Crippen molar-refractivity contribution in [2.24, 2.45) is 39.9 Å². The summed E-state index contributed by atoms with van der Waals surface area (Å²) in [6.45, 7) is 1.51. The summed E-state index contributed by atoms with van der Waals surface area (Å²) in [6.07, 6.45) is 0.630. The van der Waals surface area contributed by atoms with Gasteiger partial charge < -0.3 is 80.2 Å². The number of carbonyl (C=O) groups excluding carboxylic acids is 1. The summed E-state index contributed by atoms with van der Waals surface area (Å²) >= 11 is 0. The van der Waals surface area contributed by atoms with Gasteiger partial charge in [-0.3, -0.25) is 28.7 Å². The SMILES string of the molecule is CCCC[C@H](N=C(O)[C@H](Cc1ccc(OS(=O)(=O)O)cc1)N=C(O)[C@H](CC(=O)O)N=C(O)CN=C(O)c1ccc(-c2c3ccc(=N)c(S(=O)(=O)O)c-3oc3c(S(=O)(=O)O)c(N)ccc23)c(C(=O)O)c1)C(O)=NCC(O)=N[C@H](Cc1c[nH]c2ccccc12)C(O)=N[C@@H](CCCC)C(O)=N[C@@H](CC(=O)O)C(=O)OCCc1ccccc1. The standard InChI is InChI=1S/C73H79N11O27S3/c1-3-5-15-51(67(92)78-37-58(86)79-54(32-41-35-76-50-17-11-10-14-43(41)50)70(95)82-52(16-6-4-2)68(93)84-56(34-60(89)90)73(99)109-29-28-38-12-8-7-9-13-38)81-69(94)53(30-39-18-21-42(22-19-39)111-114(106,107)108)83-71(96)55(33-59(87)88)80-57(85)36-77-66(91)40-20-23-44(47(31-40)72(97)98)61-45-24-26-48(74)64(112(100,101)102)62(45)110-63-46(61)25-27-49(75)65(63)113(103,104)105/h7-14,17-27,31,35,51-56,74,76H,3-6,15-16,28-30,32-34,36-37,75H2,1-2H3,(H,77,91)(H,78,92)(H,79,86)(H,80,85)(H,81,94)(H,82,95)(H,83,96)(H,84,93)(H,87,88)(H,89,90)(H,97,98)(H,100,101,102)(H,103,104,105)(H,106,107,108)/t51-,52-,53-,54+,55-,56-/m0/s1. The van der Waals surface area contributed by atoms with Crippen LogP contribution in [-0.2, 0) is 69.0 Å². The normalized spacial score (nSPS) is 15.0. The van der Waals surface area contributed by atoms with Crippen LogP contribution in [0.4, 0.5) is 5.69 Å². The number of aromatic carboxylic acids is 1. The fourth-order valence-corrected chi connectivity index (χ4v) is 13.6. The van der Waals surface area contributed by atoms with Crippen molar-refractivity contribution in [3.63, 3.8) is 0 Å². The molecule has 606 valence electrons. The third-order valence-electron chi connectivity index (χ3n) is 17.1. The second kappa shape index (κ2) is 38.5. The first-order valence-corrected chi connectivity index (χ1v) is 38.8. The maximum Gasteiger partial charge on any atom is 0.446 e. The number of hydrogen-bond acceptors (Lipinski definition) is 23. The first-order chi connectivity index (χ1) is 53.8. The van der Waals surface area contributed by atoms with Crippen molar-refractivity contribution in [3.8, 4) is 28.2 Å². The number of nitrogen functional groups attached to an aromatic ring is 1. The van der Waals surface area contributed by atoms with Gasteiger partial charge in [-0.05, 0) is 89.7 Å². The Kier molecular flexibility index (Phi) is 29.3. The molecule has 0 fully saturated rings. The zero-order valence-corrected chi connectivity index (χ0v) is 62.9. The third kappa shape index (κ3) is 23.7. The predicted octanol–water partition coefficient (Wildman–Crippen LogP) is 8.93. The van der Waals surface area contributed by atoms with Gasteiger partial charge in [0, 0.05) is 58.4 Å². The molecule has 114 heavy (non-hydrogen) atoms. The van der Waals surface area contributed by atoms with Gasteiger partial charge in [0.15, 0.2) is 27.2 Å². The first-order valence-electron chi connectivity index (χ1n) is 34.5. The minimum atomic E-state index is -5.38. The highest BCUT2D eigenvalue weighted by Crippen LogP contribution is 2.46. The average molecular weight is 1640 g/mol. The summed E-state index contributed by atoms with van der Waals surface area (Å²) in [4.78, 5) is 84.4. The quantitative estimate of drug-likeness (QED) is 0.00425. The minimum absolute atomic E-state index is 0.00207. The van der Waals surface area contributed by atoms with Crippen LogP contribution < -0.4 is 15.3 Å². The van der Waals surface area contributed by atoms with E-state index in [0.29, 0.717) is 35.7 Å². The molecule has 0 spiro atoms. The van der Waals surface area contributed by atoms with Gasteiger partial charge >= 0.3 is 34.3 Å². The number of nitrogens with zero attached hydrogens (tertiary/aromatic N) is 8. The van der Waals surface area contributed by atoms with Crippen molar-refractivity contribution in [1.82, 2.24) is 4.98 Å². The van der Waals surface area contributed by atoms with E-state index < -0.39 is 219 Å². The lowest BCUT2D eigenvalue weighted by Gasteiger charge is -2.20. The van der Waals surface area contributed by atoms with Crippen LogP contribution >= 0.6 is 0 Å². The summed E-state index contributed by atoms with van der Waals surface area (Å²) in [5.41, 5.74) is 4.43. The molecule has 38 nitrogen and oxygen atoms in total. The number of para-hydroxylation sites is 1. The highest BCUT2D eigenvalue weighted by Gasteiger charge is 2.34. The summed E-state index contributed by atoms with van der Waals surface area (Å²) in [7, 11) is -15.8. The second-order valence-electron chi connectivity index (χ2n) is 25.4. The van der Waals surface area contributed by atoms with Crippen LogP contribution in [0.1, 0.15) is 97.8 Å². The van der Waals surface area contributed by atoms with E-state index in [-0.39, 0.29) is 66.4 Å². The number of aliphatic imine (C=N–C) groups is 8. The number of anilines is 1. The molecule has 2 heterocycles. The van der Waals surface area contributed by atoms with Gasteiger partial charge in [-0.2, -0.15) is 25.3 Å². The molecule has 41 heteroatoms. The molecular formula is C73H79N11O27S3. The number of carbonyl (C=O) groups is 4. The van der Waals surface area contributed by atoms with E-state index in [1.807, 2.05) is 6.92 Å². The molecule has 1 aliphatic carbocycles. The Hall–Kier alpha value is -12.7. The van der Waals surface area contributed by atoms with Gasteiger partial charge in [0.1, 0.15) is 49.0 Å². The van der Waals surface area contributed by atoms with Crippen LogP contribution in [0.2, 0.25) is 0 Å². The lowest BCUT2D eigenvalue weighted by atomic mass is 9.89. The number of ether oxygens (including phenoxy) is 1. The zero-order chi connectivity index (χ0) is 83.5. The number of carboxylic acids is 3. The molecule has 0 radical (unpaired) electrons. The van der Waals surface area contributed by atoms with E-state index >= 15 is 0 Å². The summed E-state index contributed by atoms with van der Waals surface area (Å²) in [5.74, 6) is -14.9.